The Morgan fingerprint density at radius 2 is 1.82 bits per heavy atom. The van der Waals surface area contributed by atoms with Gasteiger partial charge < -0.3 is 14.6 Å². The smallest absolute Gasteiger partial charge is 0.435 e. The molecule has 5 nitrogen and oxygen atoms in total. The Morgan fingerprint density at radius 1 is 1.06 bits per heavy atom. The molecule has 0 unspecified atom stereocenters. The van der Waals surface area contributed by atoms with Gasteiger partial charge in [0, 0.05) is 23.6 Å². The number of hydrogen-bond donors (Lipinski definition) is 1. The van der Waals surface area contributed by atoms with Crippen LogP contribution in [0.4, 0.5) is 13.2 Å². The first-order chi connectivity index (χ1) is 16.0. The van der Waals surface area contributed by atoms with Crippen molar-refractivity contribution in [3.63, 3.8) is 0 Å². The van der Waals surface area contributed by atoms with Crippen LogP contribution in [-0.4, -0.2) is 34.7 Å². The van der Waals surface area contributed by atoms with Crippen molar-refractivity contribution in [3.8, 4) is 17.1 Å². The molecule has 0 atom stereocenters. The van der Waals surface area contributed by atoms with E-state index in [1.54, 1.807) is 18.2 Å². The van der Waals surface area contributed by atoms with E-state index in [9.17, 15) is 13.2 Å². The highest BCUT2D eigenvalue weighted by atomic mass is 19.4. The summed E-state index contributed by atoms with van der Waals surface area (Å²) in [5.41, 5.74) is 0.439. The van der Waals surface area contributed by atoms with Crippen molar-refractivity contribution in [2.45, 2.75) is 32.0 Å². The van der Waals surface area contributed by atoms with Crippen molar-refractivity contribution in [2.24, 2.45) is 5.92 Å². The van der Waals surface area contributed by atoms with E-state index in [0.29, 0.717) is 34.9 Å². The summed E-state index contributed by atoms with van der Waals surface area (Å²) in [6.45, 7) is 2.55. The highest BCUT2D eigenvalue weighted by Gasteiger charge is 2.37. The van der Waals surface area contributed by atoms with Crippen LogP contribution in [0.15, 0.2) is 48.5 Å². The Kier molecular flexibility index (Phi) is 5.70. The summed E-state index contributed by atoms with van der Waals surface area (Å²) in [6, 6.07) is 14.5. The monoisotopic (exact) mass is 454 g/mol. The second kappa shape index (κ2) is 8.67. The Morgan fingerprint density at radius 3 is 2.52 bits per heavy atom. The largest absolute Gasteiger partial charge is 0.497 e. The lowest BCUT2D eigenvalue weighted by atomic mass is 9.94. The lowest BCUT2D eigenvalue weighted by Crippen LogP contribution is -2.28. The molecule has 4 aromatic rings. The maximum absolute atomic E-state index is 14.1. The minimum absolute atomic E-state index is 0.107. The third-order valence-corrected chi connectivity index (χ3v) is 6.40. The van der Waals surface area contributed by atoms with Crippen LogP contribution in [0.1, 0.15) is 25.0 Å². The maximum Gasteiger partial charge on any atom is 0.435 e. The average Bonchev–Trinajstić information content (AvgIpc) is 3.22. The number of methoxy groups -OCH3 is 1. The number of ether oxygens (including phenoxy) is 1. The van der Waals surface area contributed by atoms with Gasteiger partial charge in [-0.25, -0.2) is 9.97 Å². The molecule has 5 rings (SSSR count). The fourth-order valence-electron chi connectivity index (χ4n) is 4.70. The Hall–Kier alpha value is -3.13. The van der Waals surface area contributed by atoms with Crippen molar-refractivity contribution in [1.29, 1.82) is 0 Å². The summed E-state index contributed by atoms with van der Waals surface area (Å²) in [6.07, 6.45) is -1.60. The molecule has 8 heteroatoms. The van der Waals surface area contributed by atoms with Crippen LogP contribution in [0.2, 0.25) is 0 Å². The molecular weight excluding hydrogens is 429 g/mol. The van der Waals surface area contributed by atoms with E-state index in [-0.39, 0.29) is 11.0 Å². The first-order valence-corrected chi connectivity index (χ1v) is 11.2. The molecule has 172 valence electrons. The van der Waals surface area contributed by atoms with Crippen LogP contribution in [0.25, 0.3) is 33.3 Å². The highest BCUT2D eigenvalue weighted by molar-refractivity contribution is 6.05. The number of benzene rings is 2. The minimum Gasteiger partial charge on any atom is -0.497 e. The maximum atomic E-state index is 14.1. The third-order valence-electron chi connectivity index (χ3n) is 6.40. The van der Waals surface area contributed by atoms with Crippen LogP contribution in [-0.2, 0) is 12.7 Å². The predicted octanol–water partition coefficient (Wildman–Crippen LogP) is 5.67. The van der Waals surface area contributed by atoms with Gasteiger partial charge in [0.15, 0.2) is 5.69 Å². The van der Waals surface area contributed by atoms with Gasteiger partial charge in [-0.15, -0.1) is 0 Å². The van der Waals surface area contributed by atoms with Gasteiger partial charge in [0.1, 0.15) is 17.1 Å². The van der Waals surface area contributed by atoms with Crippen molar-refractivity contribution < 1.29 is 17.9 Å². The Balaban J connectivity index is 1.76. The molecule has 0 aliphatic carbocycles. The first kappa shape index (κ1) is 21.7. The summed E-state index contributed by atoms with van der Waals surface area (Å²) in [5.74, 6) is 1.53. The first-order valence-electron chi connectivity index (χ1n) is 11.2. The van der Waals surface area contributed by atoms with E-state index < -0.39 is 11.9 Å². The molecule has 2 aromatic carbocycles. The lowest BCUT2D eigenvalue weighted by Gasteiger charge is -2.23. The van der Waals surface area contributed by atoms with Gasteiger partial charge in [0.05, 0.1) is 18.1 Å². The molecule has 3 heterocycles. The number of aryl methyl sites for hydroxylation is 1. The summed E-state index contributed by atoms with van der Waals surface area (Å²) < 4.78 is 49.5. The number of hydrogen-bond acceptors (Lipinski definition) is 4. The summed E-state index contributed by atoms with van der Waals surface area (Å²) >= 11 is 0. The number of aromatic nitrogens is 3. The number of halogens is 3. The molecule has 0 amide bonds. The van der Waals surface area contributed by atoms with E-state index in [1.165, 1.54) is 7.11 Å². The third kappa shape index (κ3) is 4.15. The van der Waals surface area contributed by atoms with Crippen molar-refractivity contribution >= 4 is 21.9 Å². The van der Waals surface area contributed by atoms with Crippen molar-refractivity contribution in [1.82, 2.24) is 19.9 Å². The number of fused-ring (bicyclic) bond motifs is 3. The molecular formula is C25H25F3N4O. The van der Waals surface area contributed by atoms with Crippen LogP contribution in [0, 0.1) is 5.92 Å². The number of rotatable bonds is 5. The summed E-state index contributed by atoms with van der Waals surface area (Å²) in [7, 11) is 1.49. The van der Waals surface area contributed by atoms with E-state index in [0.717, 1.165) is 37.9 Å². The molecule has 0 radical (unpaired) electrons. The van der Waals surface area contributed by atoms with Crippen molar-refractivity contribution in [2.75, 3.05) is 20.2 Å². The standard InChI is InChI=1S/C25H25F3N4O/c1-33-18-7-8-19-20(15-18)30-23(25(26,27)28)21-22(19)32(14-11-16-9-12-29-13-10-16)24(31-21)17-5-3-2-4-6-17/h2-8,15-16,29H,9-14H2,1H3. The molecule has 1 saturated heterocycles. The van der Waals surface area contributed by atoms with Crippen LogP contribution >= 0.6 is 0 Å². The number of nitrogens with one attached hydrogen (secondary N) is 1. The SMILES string of the molecule is COc1ccc2c(c1)nc(C(F)(F)F)c1nc(-c3ccccc3)n(CCC3CCNCC3)c12. The van der Waals surface area contributed by atoms with Crippen LogP contribution in [0.5, 0.6) is 5.75 Å². The Bertz CT molecular complexity index is 1280. The van der Waals surface area contributed by atoms with Gasteiger partial charge in [-0.05, 0) is 50.4 Å². The van der Waals surface area contributed by atoms with Gasteiger partial charge in [-0.2, -0.15) is 13.2 Å². The van der Waals surface area contributed by atoms with Gasteiger partial charge >= 0.3 is 6.18 Å². The quantitative estimate of drug-likeness (QED) is 0.422. The number of pyridine rings is 1. The van der Waals surface area contributed by atoms with Gasteiger partial charge in [-0.1, -0.05) is 30.3 Å². The minimum atomic E-state index is -4.63. The second-order valence-electron chi connectivity index (χ2n) is 8.47. The molecule has 1 aliphatic rings. The number of nitrogens with zero attached hydrogens (tertiary/aromatic N) is 3. The molecule has 0 saturated carbocycles. The fraction of sp³-hybridized carbons (Fsp3) is 0.360. The summed E-state index contributed by atoms with van der Waals surface area (Å²) in [4.78, 5) is 8.53. The lowest BCUT2D eigenvalue weighted by molar-refractivity contribution is -0.139. The molecule has 1 fully saturated rings. The van der Waals surface area contributed by atoms with E-state index in [1.807, 2.05) is 34.9 Å². The van der Waals surface area contributed by atoms with Gasteiger partial charge in [0.25, 0.3) is 0 Å². The van der Waals surface area contributed by atoms with Gasteiger partial charge in [0.2, 0.25) is 0 Å². The van der Waals surface area contributed by atoms with E-state index in [4.69, 9.17) is 4.74 Å². The predicted molar refractivity (Wildman–Crippen MR) is 122 cm³/mol. The molecule has 1 aliphatic heterocycles. The topological polar surface area (TPSA) is 52.0 Å². The average molecular weight is 454 g/mol. The van der Waals surface area contributed by atoms with Crippen molar-refractivity contribution in [3.05, 3.63) is 54.2 Å². The zero-order valence-electron chi connectivity index (χ0n) is 18.3. The number of alkyl halides is 3. The molecule has 0 bridgehead atoms. The zero-order valence-corrected chi connectivity index (χ0v) is 18.3. The van der Waals surface area contributed by atoms with E-state index in [2.05, 4.69) is 15.3 Å². The fourth-order valence-corrected chi connectivity index (χ4v) is 4.70. The second-order valence-corrected chi connectivity index (χ2v) is 8.47. The normalized spacial score (nSPS) is 15.4. The molecule has 0 spiro atoms. The van der Waals surface area contributed by atoms with Crippen LogP contribution < -0.4 is 10.1 Å². The number of piperidine rings is 1. The molecule has 2 aromatic heterocycles. The number of imidazole rings is 1. The van der Waals surface area contributed by atoms with E-state index >= 15 is 0 Å². The Labute approximate surface area is 189 Å². The molecule has 33 heavy (non-hydrogen) atoms. The molecule has 1 N–H and O–H groups in total. The van der Waals surface area contributed by atoms with Gasteiger partial charge in [-0.3, -0.25) is 0 Å². The van der Waals surface area contributed by atoms with Crippen LogP contribution in [0.3, 0.4) is 0 Å². The highest BCUT2D eigenvalue weighted by Crippen LogP contribution is 2.39. The summed E-state index contributed by atoms with van der Waals surface area (Å²) in [5, 5.41) is 4.01. The zero-order chi connectivity index (χ0) is 23.0.